The van der Waals surface area contributed by atoms with E-state index in [1.165, 1.54) is 39.5 Å². The minimum absolute atomic E-state index is 0.0562. The Balaban J connectivity index is 1.36. The van der Waals surface area contributed by atoms with Crippen LogP contribution in [0, 0.1) is 0 Å². The van der Waals surface area contributed by atoms with Crippen LogP contribution in [-0.4, -0.2) is 48.7 Å². The fourth-order valence-corrected chi connectivity index (χ4v) is 5.06. The highest BCUT2D eigenvalue weighted by molar-refractivity contribution is 7.92. The summed E-state index contributed by atoms with van der Waals surface area (Å²) in [6, 6.07) is 24.5. The number of benzene rings is 4. The first-order valence-corrected chi connectivity index (χ1v) is 13.0. The molecular formula is C28H28N2O6S. The van der Waals surface area contributed by atoms with Gasteiger partial charge in [0.15, 0.2) is 11.5 Å². The van der Waals surface area contributed by atoms with Crippen molar-refractivity contribution in [3.8, 4) is 17.2 Å². The fourth-order valence-electron chi connectivity index (χ4n) is 3.85. The highest BCUT2D eigenvalue weighted by Gasteiger charge is 2.23. The molecule has 0 saturated carbocycles. The zero-order valence-electron chi connectivity index (χ0n) is 20.8. The van der Waals surface area contributed by atoms with Crippen molar-refractivity contribution >= 4 is 32.4 Å². The molecule has 0 aromatic heterocycles. The first kappa shape index (κ1) is 25.8. The number of sulfonamides is 1. The van der Waals surface area contributed by atoms with Crippen molar-refractivity contribution in [3.05, 3.63) is 90.5 Å². The molecule has 4 rings (SSSR count). The number of carbonyl (C=O) groups excluding carboxylic acids is 1. The SMILES string of the molecule is COc1ccc(S(=O)(=O)N(C)c2ccc(C(=O)NCCOc3cccc4ccccc34)cc2)cc1OC. The summed E-state index contributed by atoms with van der Waals surface area (Å²) in [5.41, 5.74) is 0.816. The summed E-state index contributed by atoms with van der Waals surface area (Å²) in [5.74, 6) is 1.23. The van der Waals surface area contributed by atoms with E-state index in [0.29, 0.717) is 35.9 Å². The maximum Gasteiger partial charge on any atom is 0.264 e. The molecule has 1 amide bonds. The zero-order valence-corrected chi connectivity index (χ0v) is 21.6. The predicted octanol–water partition coefficient (Wildman–Crippen LogP) is 4.49. The van der Waals surface area contributed by atoms with Gasteiger partial charge in [-0.25, -0.2) is 8.42 Å². The first-order chi connectivity index (χ1) is 17.8. The van der Waals surface area contributed by atoms with Crippen molar-refractivity contribution in [2.75, 3.05) is 38.7 Å². The predicted molar refractivity (Wildman–Crippen MR) is 143 cm³/mol. The van der Waals surface area contributed by atoms with Crippen molar-refractivity contribution in [1.29, 1.82) is 0 Å². The number of nitrogens with zero attached hydrogens (tertiary/aromatic N) is 1. The van der Waals surface area contributed by atoms with Crippen molar-refractivity contribution in [1.82, 2.24) is 5.32 Å². The summed E-state index contributed by atoms with van der Waals surface area (Å²) in [5, 5.41) is 4.92. The van der Waals surface area contributed by atoms with Gasteiger partial charge in [-0.05, 0) is 47.9 Å². The number of hydrogen-bond donors (Lipinski definition) is 1. The van der Waals surface area contributed by atoms with Crippen molar-refractivity contribution in [3.63, 3.8) is 0 Å². The lowest BCUT2D eigenvalue weighted by Crippen LogP contribution is -2.28. The van der Waals surface area contributed by atoms with Crippen molar-refractivity contribution in [2.45, 2.75) is 4.90 Å². The second-order valence-corrected chi connectivity index (χ2v) is 10.1. The molecule has 0 unspecified atom stereocenters. The third kappa shape index (κ3) is 5.62. The van der Waals surface area contributed by atoms with Gasteiger partial charge in [-0.3, -0.25) is 9.10 Å². The second kappa shape index (κ2) is 11.2. The average Bonchev–Trinajstić information content (AvgIpc) is 2.94. The van der Waals surface area contributed by atoms with Crippen LogP contribution in [0.25, 0.3) is 10.8 Å². The van der Waals surface area contributed by atoms with E-state index in [9.17, 15) is 13.2 Å². The van der Waals surface area contributed by atoms with Gasteiger partial charge in [0, 0.05) is 24.1 Å². The molecular weight excluding hydrogens is 492 g/mol. The number of nitrogens with one attached hydrogen (secondary N) is 1. The smallest absolute Gasteiger partial charge is 0.264 e. The van der Waals surface area contributed by atoms with E-state index >= 15 is 0 Å². The Bertz CT molecular complexity index is 1500. The summed E-state index contributed by atoms with van der Waals surface area (Å²) in [7, 11) is 0.511. The van der Waals surface area contributed by atoms with Crippen molar-refractivity contribution in [2.24, 2.45) is 0 Å². The summed E-state index contributed by atoms with van der Waals surface area (Å²) < 4.78 is 43.7. The lowest BCUT2D eigenvalue weighted by Gasteiger charge is -2.20. The quantitative estimate of drug-likeness (QED) is 0.310. The topological polar surface area (TPSA) is 94.2 Å². The minimum Gasteiger partial charge on any atom is -0.493 e. The van der Waals surface area contributed by atoms with E-state index < -0.39 is 10.0 Å². The van der Waals surface area contributed by atoms with Crippen molar-refractivity contribution < 1.29 is 27.4 Å². The van der Waals surface area contributed by atoms with Gasteiger partial charge in [0.1, 0.15) is 12.4 Å². The van der Waals surface area contributed by atoms with E-state index in [4.69, 9.17) is 14.2 Å². The van der Waals surface area contributed by atoms with Crippen LogP contribution < -0.4 is 23.8 Å². The van der Waals surface area contributed by atoms with Gasteiger partial charge >= 0.3 is 0 Å². The highest BCUT2D eigenvalue weighted by Crippen LogP contribution is 2.31. The fraction of sp³-hybridized carbons (Fsp3) is 0.179. The molecule has 4 aromatic rings. The molecule has 4 aromatic carbocycles. The third-order valence-electron chi connectivity index (χ3n) is 5.90. The molecule has 0 spiro atoms. The molecule has 0 aliphatic heterocycles. The van der Waals surface area contributed by atoms with Crippen LogP contribution in [0.1, 0.15) is 10.4 Å². The number of anilines is 1. The summed E-state index contributed by atoms with van der Waals surface area (Å²) in [6.45, 7) is 0.627. The Labute approximate surface area is 216 Å². The minimum atomic E-state index is -3.86. The van der Waals surface area contributed by atoms with E-state index in [-0.39, 0.29) is 10.8 Å². The molecule has 1 N–H and O–H groups in total. The van der Waals surface area contributed by atoms with E-state index in [2.05, 4.69) is 5.32 Å². The molecule has 0 bridgehead atoms. The average molecular weight is 521 g/mol. The maximum atomic E-state index is 13.1. The second-order valence-electron chi connectivity index (χ2n) is 8.12. The summed E-state index contributed by atoms with van der Waals surface area (Å²) >= 11 is 0. The van der Waals surface area contributed by atoms with E-state index in [1.54, 1.807) is 24.3 Å². The zero-order chi connectivity index (χ0) is 26.4. The standard InChI is InChI=1S/C28H28N2O6S/c1-30(37(32,33)23-15-16-26(34-2)27(19-23)35-3)22-13-11-21(12-14-22)28(31)29-17-18-36-25-10-6-8-20-7-4-5-9-24(20)25/h4-16,19H,17-18H2,1-3H3,(H,29,31). The van der Waals surface area contributed by atoms with Gasteiger partial charge in [0.05, 0.1) is 31.3 Å². The van der Waals surface area contributed by atoms with Crippen LogP contribution >= 0.6 is 0 Å². The Morgan fingerprint density at radius 1 is 0.838 bits per heavy atom. The Morgan fingerprint density at radius 3 is 2.27 bits per heavy atom. The van der Waals surface area contributed by atoms with Gasteiger partial charge in [-0.2, -0.15) is 0 Å². The van der Waals surface area contributed by atoms with Gasteiger partial charge in [0.2, 0.25) is 0 Å². The molecule has 192 valence electrons. The number of ether oxygens (including phenoxy) is 3. The first-order valence-electron chi connectivity index (χ1n) is 11.5. The Hall–Kier alpha value is -4.24. The Morgan fingerprint density at radius 2 is 1.54 bits per heavy atom. The largest absolute Gasteiger partial charge is 0.493 e. The van der Waals surface area contributed by atoms with Gasteiger partial charge in [-0.1, -0.05) is 36.4 Å². The number of hydrogen-bond acceptors (Lipinski definition) is 6. The molecule has 0 aliphatic rings. The number of methoxy groups -OCH3 is 2. The van der Waals surface area contributed by atoms with Gasteiger partial charge < -0.3 is 19.5 Å². The van der Waals surface area contributed by atoms with Crippen LogP contribution in [0.3, 0.4) is 0 Å². The normalized spacial score (nSPS) is 11.1. The van der Waals surface area contributed by atoms with E-state index in [1.807, 2.05) is 42.5 Å². The Kier molecular flexibility index (Phi) is 7.83. The molecule has 0 atom stereocenters. The summed E-state index contributed by atoms with van der Waals surface area (Å²) in [6.07, 6.45) is 0. The molecule has 9 heteroatoms. The number of amides is 1. The monoisotopic (exact) mass is 520 g/mol. The lowest BCUT2D eigenvalue weighted by molar-refractivity contribution is 0.0947. The molecule has 0 radical (unpaired) electrons. The molecule has 0 saturated heterocycles. The molecule has 0 fully saturated rings. The van der Waals surface area contributed by atoms with Gasteiger partial charge in [0.25, 0.3) is 15.9 Å². The number of rotatable bonds is 10. The van der Waals surface area contributed by atoms with Crippen LogP contribution in [0.2, 0.25) is 0 Å². The van der Waals surface area contributed by atoms with Gasteiger partial charge in [-0.15, -0.1) is 0 Å². The van der Waals surface area contributed by atoms with Crippen LogP contribution in [0.15, 0.2) is 89.8 Å². The van der Waals surface area contributed by atoms with Crippen LogP contribution in [-0.2, 0) is 10.0 Å². The lowest BCUT2D eigenvalue weighted by atomic mass is 10.1. The highest BCUT2D eigenvalue weighted by atomic mass is 32.2. The summed E-state index contributed by atoms with van der Waals surface area (Å²) in [4.78, 5) is 12.6. The number of carbonyl (C=O) groups is 1. The van der Waals surface area contributed by atoms with E-state index in [0.717, 1.165) is 20.8 Å². The molecule has 0 heterocycles. The molecule has 8 nitrogen and oxygen atoms in total. The molecule has 37 heavy (non-hydrogen) atoms. The maximum absolute atomic E-state index is 13.1. The van der Waals surface area contributed by atoms with Crippen LogP contribution in [0.4, 0.5) is 5.69 Å². The third-order valence-corrected chi connectivity index (χ3v) is 7.68. The van der Waals surface area contributed by atoms with Crippen LogP contribution in [0.5, 0.6) is 17.2 Å². The molecule has 0 aliphatic carbocycles. The number of fused-ring (bicyclic) bond motifs is 1.